The summed E-state index contributed by atoms with van der Waals surface area (Å²) in [5, 5.41) is 15.5. The van der Waals surface area contributed by atoms with Crippen LogP contribution in [0.15, 0.2) is 12.7 Å². The summed E-state index contributed by atoms with van der Waals surface area (Å²) < 4.78 is 1.75. The van der Waals surface area contributed by atoms with Gasteiger partial charge in [-0.05, 0) is 6.42 Å². The zero-order valence-corrected chi connectivity index (χ0v) is 5.97. The smallest absolute Gasteiger partial charge is 0.303 e. The summed E-state index contributed by atoms with van der Waals surface area (Å²) in [5.74, 6) is -0.766. The summed E-state index contributed by atoms with van der Waals surface area (Å²) in [6.45, 7) is 0.666. The Morgan fingerprint density at radius 2 is 2.09 bits per heavy atom. The third-order valence-electron chi connectivity index (χ3n) is 1.27. The van der Waals surface area contributed by atoms with Gasteiger partial charge in [0.2, 0.25) is 0 Å². The number of rotatable bonds is 4. The maximum absolute atomic E-state index is 10.1. The van der Waals surface area contributed by atoms with Crippen LogP contribution in [0, 0.1) is 0 Å². The summed E-state index contributed by atoms with van der Waals surface area (Å²) in [7, 11) is 0. The van der Waals surface area contributed by atoms with E-state index in [0.717, 1.165) is 0 Å². The Morgan fingerprint density at radius 3 is 2.64 bits per heavy atom. The largest absolute Gasteiger partial charge is 0.481 e. The van der Waals surface area contributed by atoms with Crippen LogP contribution in [0.25, 0.3) is 0 Å². The molecule has 11 heavy (non-hydrogen) atoms. The first-order chi connectivity index (χ1) is 5.29. The third-order valence-corrected chi connectivity index (χ3v) is 1.27. The molecule has 0 atom stereocenters. The molecule has 0 aliphatic rings. The Bertz CT molecular complexity index is 220. The van der Waals surface area contributed by atoms with Gasteiger partial charge in [-0.25, -0.2) is 0 Å². The Balaban J connectivity index is 2.19. The first-order valence-corrected chi connectivity index (χ1v) is 3.33. The molecule has 0 fully saturated rings. The molecule has 1 aromatic heterocycles. The number of aromatic nitrogens is 3. The Kier molecular flexibility index (Phi) is 2.59. The van der Waals surface area contributed by atoms with Crippen molar-refractivity contribution < 1.29 is 9.90 Å². The predicted molar refractivity (Wildman–Crippen MR) is 36.9 cm³/mol. The molecule has 1 heterocycles. The molecule has 0 saturated heterocycles. The highest BCUT2D eigenvalue weighted by molar-refractivity contribution is 5.66. The van der Waals surface area contributed by atoms with Gasteiger partial charge in [0.05, 0.1) is 0 Å². The standard InChI is InChI=1S/C6H9N3O2/c10-6(11)2-1-3-9-4-7-8-5-9/h4-5H,1-3H2,(H,10,11). The van der Waals surface area contributed by atoms with E-state index in [1.54, 1.807) is 17.2 Å². The molecule has 0 bridgehead atoms. The van der Waals surface area contributed by atoms with Gasteiger partial charge in [-0.1, -0.05) is 0 Å². The van der Waals surface area contributed by atoms with Gasteiger partial charge in [0.25, 0.3) is 0 Å². The average molecular weight is 155 g/mol. The second kappa shape index (κ2) is 3.70. The monoisotopic (exact) mass is 155 g/mol. The van der Waals surface area contributed by atoms with E-state index in [-0.39, 0.29) is 6.42 Å². The lowest BCUT2D eigenvalue weighted by Gasteiger charge is -1.96. The van der Waals surface area contributed by atoms with Crippen LogP contribution in [0.1, 0.15) is 12.8 Å². The van der Waals surface area contributed by atoms with Crippen LogP contribution in [0.4, 0.5) is 0 Å². The molecule has 0 saturated carbocycles. The van der Waals surface area contributed by atoms with E-state index < -0.39 is 5.97 Å². The molecule has 0 aromatic carbocycles. The van der Waals surface area contributed by atoms with E-state index in [9.17, 15) is 4.79 Å². The van der Waals surface area contributed by atoms with Crippen LogP contribution in [-0.4, -0.2) is 25.8 Å². The van der Waals surface area contributed by atoms with Crippen molar-refractivity contribution in [2.45, 2.75) is 19.4 Å². The highest BCUT2D eigenvalue weighted by Crippen LogP contribution is 1.92. The van der Waals surface area contributed by atoms with Crippen molar-refractivity contribution in [3.8, 4) is 0 Å². The number of hydrogen-bond acceptors (Lipinski definition) is 3. The first-order valence-electron chi connectivity index (χ1n) is 3.33. The van der Waals surface area contributed by atoms with Crippen molar-refractivity contribution in [1.29, 1.82) is 0 Å². The fraction of sp³-hybridized carbons (Fsp3) is 0.500. The van der Waals surface area contributed by atoms with Gasteiger partial charge in [-0.3, -0.25) is 4.79 Å². The van der Waals surface area contributed by atoms with Crippen molar-refractivity contribution >= 4 is 5.97 Å². The molecular formula is C6H9N3O2. The minimum Gasteiger partial charge on any atom is -0.481 e. The van der Waals surface area contributed by atoms with Crippen molar-refractivity contribution in [2.24, 2.45) is 0 Å². The van der Waals surface area contributed by atoms with Gasteiger partial charge in [0, 0.05) is 13.0 Å². The molecule has 0 radical (unpaired) electrons. The molecule has 0 amide bonds. The minimum atomic E-state index is -0.766. The van der Waals surface area contributed by atoms with Gasteiger partial charge in [0.1, 0.15) is 12.7 Å². The van der Waals surface area contributed by atoms with Crippen LogP contribution >= 0.6 is 0 Å². The molecule has 1 aromatic rings. The number of nitrogens with zero attached hydrogens (tertiary/aromatic N) is 3. The van der Waals surface area contributed by atoms with Gasteiger partial charge in [0.15, 0.2) is 0 Å². The van der Waals surface area contributed by atoms with Crippen molar-refractivity contribution in [3.63, 3.8) is 0 Å². The van der Waals surface area contributed by atoms with E-state index in [1.165, 1.54) is 0 Å². The predicted octanol–water partition coefficient (Wildman–Crippen LogP) is 0.143. The van der Waals surface area contributed by atoms with Crippen LogP contribution in [0.3, 0.4) is 0 Å². The van der Waals surface area contributed by atoms with Gasteiger partial charge in [-0.15, -0.1) is 10.2 Å². The quantitative estimate of drug-likeness (QED) is 0.671. The number of carbonyl (C=O) groups is 1. The summed E-state index contributed by atoms with van der Waals surface area (Å²) in [4.78, 5) is 10.1. The zero-order chi connectivity index (χ0) is 8.10. The average Bonchev–Trinajstić information content (AvgIpc) is 2.39. The maximum atomic E-state index is 10.1. The maximum Gasteiger partial charge on any atom is 0.303 e. The Labute approximate surface area is 63.7 Å². The Morgan fingerprint density at radius 1 is 1.45 bits per heavy atom. The van der Waals surface area contributed by atoms with E-state index in [0.29, 0.717) is 13.0 Å². The number of carboxylic acids is 1. The molecule has 0 aliphatic carbocycles. The number of hydrogen-bond donors (Lipinski definition) is 1. The van der Waals surface area contributed by atoms with Crippen molar-refractivity contribution in [1.82, 2.24) is 14.8 Å². The minimum absolute atomic E-state index is 0.193. The summed E-state index contributed by atoms with van der Waals surface area (Å²) in [6.07, 6.45) is 3.95. The molecule has 1 rings (SSSR count). The molecule has 60 valence electrons. The molecule has 5 nitrogen and oxygen atoms in total. The SMILES string of the molecule is O=C(O)CCCn1cnnc1. The van der Waals surface area contributed by atoms with Crippen molar-refractivity contribution in [2.75, 3.05) is 0 Å². The Hall–Kier alpha value is -1.39. The second-order valence-electron chi connectivity index (χ2n) is 2.20. The van der Waals surface area contributed by atoms with Crippen LogP contribution in [0.5, 0.6) is 0 Å². The summed E-state index contributed by atoms with van der Waals surface area (Å²) in [6, 6.07) is 0. The molecule has 5 heteroatoms. The fourth-order valence-corrected chi connectivity index (χ4v) is 0.750. The zero-order valence-electron chi connectivity index (χ0n) is 5.97. The van der Waals surface area contributed by atoms with E-state index in [1.807, 2.05) is 0 Å². The van der Waals surface area contributed by atoms with Crippen molar-refractivity contribution in [3.05, 3.63) is 12.7 Å². The van der Waals surface area contributed by atoms with E-state index in [2.05, 4.69) is 10.2 Å². The van der Waals surface area contributed by atoms with Gasteiger partial charge < -0.3 is 9.67 Å². The van der Waals surface area contributed by atoms with Crippen LogP contribution in [-0.2, 0) is 11.3 Å². The third kappa shape index (κ3) is 2.79. The lowest BCUT2D eigenvalue weighted by Crippen LogP contribution is -1.99. The first kappa shape index (κ1) is 7.71. The van der Waals surface area contributed by atoms with E-state index in [4.69, 9.17) is 5.11 Å². The fourth-order valence-electron chi connectivity index (χ4n) is 0.750. The number of aryl methyl sites for hydroxylation is 1. The van der Waals surface area contributed by atoms with Gasteiger partial charge in [-0.2, -0.15) is 0 Å². The lowest BCUT2D eigenvalue weighted by molar-refractivity contribution is -0.137. The number of aliphatic carboxylic acids is 1. The molecule has 0 aliphatic heterocycles. The number of carboxylic acid groups (broad SMARTS) is 1. The molecular weight excluding hydrogens is 146 g/mol. The topological polar surface area (TPSA) is 68.0 Å². The summed E-state index contributed by atoms with van der Waals surface area (Å²) >= 11 is 0. The highest BCUT2D eigenvalue weighted by atomic mass is 16.4. The molecule has 0 spiro atoms. The normalized spacial score (nSPS) is 9.82. The lowest BCUT2D eigenvalue weighted by atomic mass is 10.3. The highest BCUT2D eigenvalue weighted by Gasteiger charge is 1.96. The summed E-state index contributed by atoms with van der Waals surface area (Å²) in [5.41, 5.74) is 0. The molecule has 0 unspecified atom stereocenters. The van der Waals surface area contributed by atoms with Crippen LogP contribution < -0.4 is 0 Å². The van der Waals surface area contributed by atoms with Crippen LogP contribution in [0.2, 0.25) is 0 Å². The molecule has 1 N–H and O–H groups in total. The van der Waals surface area contributed by atoms with Gasteiger partial charge >= 0.3 is 5.97 Å². The van der Waals surface area contributed by atoms with E-state index >= 15 is 0 Å². The second-order valence-corrected chi connectivity index (χ2v) is 2.20.